The number of aryl methyl sites for hydroxylation is 2. The third kappa shape index (κ3) is 2.85. The van der Waals surface area contributed by atoms with E-state index in [0.29, 0.717) is 0 Å². The predicted octanol–water partition coefficient (Wildman–Crippen LogP) is 5.40. The normalized spacial score (nSPS) is 11.7. The Hall–Kier alpha value is -1.32. The van der Waals surface area contributed by atoms with Crippen LogP contribution in [0.2, 0.25) is 0 Å². The van der Waals surface area contributed by atoms with Gasteiger partial charge in [-0.2, -0.15) is 0 Å². The molecule has 112 valence electrons. The first-order chi connectivity index (χ1) is 9.36. The number of nitrogens with zero attached hydrogens (tertiary/aromatic N) is 2. The van der Waals surface area contributed by atoms with Gasteiger partial charge in [-0.25, -0.2) is 4.98 Å². The molecule has 3 aromatic rings. The van der Waals surface area contributed by atoms with Gasteiger partial charge in [0, 0.05) is 22.6 Å². The van der Waals surface area contributed by atoms with E-state index in [4.69, 9.17) is 4.98 Å². The molecule has 0 fully saturated rings. The van der Waals surface area contributed by atoms with E-state index < -0.39 is 0 Å². The van der Waals surface area contributed by atoms with Gasteiger partial charge in [0.15, 0.2) is 4.96 Å². The van der Waals surface area contributed by atoms with Crippen LogP contribution < -0.4 is 0 Å². The van der Waals surface area contributed by atoms with Crippen molar-refractivity contribution in [1.82, 2.24) is 9.38 Å². The van der Waals surface area contributed by atoms with E-state index >= 15 is 0 Å². The summed E-state index contributed by atoms with van der Waals surface area (Å²) in [7, 11) is 0. The van der Waals surface area contributed by atoms with E-state index in [9.17, 15) is 0 Å². The summed E-state index contributed by atoms with van der Waals surface area (Å²) >= 11 is 1.71. The first kappa shape index (κ1) is 16.1. The molecular weight excluding hydrogens is 300 g/mol. The number of imidazole rings is 1. The van der Waals surface area contributed by atoms with E-state index in [1.807, 2.05) is 0 Å². The molecule has 0 radical (unpaired) electrons. The van der Waals surface area contributed by atoms with Crippen LogP contribution in [-0.2, 0) is 5.41 Å². The fraction of sp³-hybridized carbons (Fsp3) is 0.353. The minimum absolute atomic E-state index is 0. The first-order valence-corrected chi connectivity index (χ1v) is 7.79. The highest BCUT2D eigenvalue weighted by Crippen LogP contribution is 2.31. The van der Waals surface area contributed by atoms with Crippen LogP contribution in [0.15, 0.2) is 29.8 Å². The van der Waals surface area contributed by atoms with Crippen LogP contribution in [0.4, 0.5) is 0 Å². The van der Waals surface area contributed by atoms with Crippen LogP contribution in [0.25, 0.3) is 16.2 Å². The van der Waals surface area contributed by atoms with Gasteiger partial charge in [-0.15, -0.1) is 23.7 Å². The number of hydrogen-bond acceptors (Lipinski definition) is 2. The Morgan fingerprint density at radius 2 is 1.86 bits per heavy atom. The predicted molar refractivity (Wildman–Crippen MR) is 93.9 cm³/mol. The lowest BCUT2D eigenvalue weighted by molar-refractivity contribution is 0.573. The Morgan fingerprint density at radius 3 is 2.48 bits per heavy atom. The molecule has 0 spiro atoms. The van der Waals surface area contributed by atoms with Crippen molar-refractivity contribution in [1.29, 1.82) is 0 Å². The number of thiazole rings is 1. The molecule has 0 unspecified atom stereocenters. The maximum absolute atomic E-state index is 4.76. The summed E-state index contributed by atoms with van der Waals surface area (Å²) in [5, 5.41) is 2.20. The molecule has 1 aromatic carbocycles. The van der Waals surface area contributed by atoms with Crippen molar-refractivity contribution >= 4 is 28.7 Å². The number of benzene rings is 1. The second-order valence-corrected chi connectivity index (χ2v) is 7.30. The van der Waals surface area contributed by atoms with Gasteiger partial charge in [0.1, 0.15) is 0 Å². The molecular formula is C17H21ClN2S. The van der Waals surface area contributed by atoms with Crippen LogP contribution in [0.3, 0.4) is 0 Å². The number of hydrogen-bond donors (Lipinski definition) is 0. The molecule has 2 nitrogen and oxygen atoms in total. The molecule has 0 atom stereocenters. The van der Waals surface area contributed by atoms with Crippen molar-refractivity contribution in [3.63, 3.8) is 0 Å². The van der Waals surface area contributed by atoms with Gasteiger partial charge in [0.2, 0.25) is 0 Å². The van der Waals surface area contributed by atoms with E-state index in [0.717, 1.165) is 10.7 Å². The molecule has 0 aliphatic heterocycles. The lowest BCUT2D eigenvalue weighted by Gasteiger charge is -2.14. The van der Waals surface area contributed by atoms with Gasteiger partial charge >= 0.3 is 0 Å². The minimum atomic E-state index is 0. The molecule has 4 heteroatoms. The molecule has 0 aliphatic carbocycles. The molecule has 0 bridgehead atoms. The summed E-state index contributed by atoms with van der Waals surface area (Å²) in [6, 6.07) is 6.62. The van der Waals surface area contributed by atoms with Crippen LogP contribution in [0.5, 0.6) is 0 Å². The fourth-order valence-electron chi connectivity index (χ4n) is 2.44. The van der Waals surface area contributed by atoms with E-state index in [1.165, 1.54) is 22.4 Å². The Bertz CT molecular complexity index is 778. The lowest BCUT2D eigenvalue weighted by atomic mass is 9.93. The third-order valence-corrected chi connectivity index (χ3v) is 4.48. The van der Waals surface area contributed by atoms with Crippen LogP contribution in [0.1, 0.15) is 37.6 Å². The van der Waals surface area contributed by atoms with E-state index in [-0.39, 0.29) is 17.8 Å². The minimum Gasteiger partial charge on any atom is -0.290 e. The van der Waals surface area contributed by atoms with Gasteiger partial charge in [-0.3, -0.25) is 4.40 Å². The molecule has 0 saturated carbocycles. The maximum atomic E-state index is 4.76. The Balaban J connectivity index is 0.00000161. The average Bonchev–Trinajstić information content (AvgIpc) is 2.88. The van der Waals surface area contributed by atoms with Crippen molar-refractivity contribution in [3.8, 4) is 11.3 Å². The Kier molecular flexibility index (Phi) is 4.18. The monoisotopic (exact) mass is 320 g/mol. The fourth-order valence-corrected chi connectivity index (χ4v) is 3.31. The second-order valence-electron chi connectivity index (χ2n) is 6.47. The molecule has 0 N–H and O–H groups in total. The van der Waals surface area contributed by atoms with Gasteiger partial charge in [0.05, 0.1) is 11.4 Å². The molecule has 2 heterocycles. The van der Waals surface area contributed by atoms with Crippen molar-refractivity contribution in [2.24, 2.45) is 0 Å². The summed E-state index contributed by atoms with van der Waals surface area (Å²) in [5.41, 5.74) is 6.39. The second kappa shape index (κ2) is 5.47. The topological polar surface area (TPSA) is 17.3 Å². The number of fused-ring (bicyclic) bond motifs is 1. The summed E-state index contributed by atoms with van der Waals surface area (Å²) in [6.07, 6.45) is 2.18. The molecule has 0 saturated heterocycles. The summed E-state index contributed by atoms with van der Waals surface area (Å²) in [6.45, 7) is 10.9. The number of rotatable bonds is 1. The van der Waals surface area contributed by atoms with Crippen LogP contribution in [0, 0.1) is 13.8 Å². The zero-order valence-corrected chi connectivity index (χ0v) is 14.7. The largest absolute Gasteiger partial charge is 0.290 e. The smallest absolute Gasteiger partial charge is 0.194 e. The Labute approximate surface area is 136 Å². The first-order valence-electron chi connectivity index (χ1n) is 6.91. The molecule has 0 aliphatic rings. The van der Waals surface area contributed by atoms with Crippen LogP contribution in [-0.4, -0.2) is 9.38 Å². The quantitative estimate of drug-likeness (QED) is 0.587. The van der Waals surface area contributed by atoms with Crippen molar-refractivity contribution in [3.05, 3.63) is 46.6 Å². The SMILES string of the molecule is Cc1ccc(-c2csc3nc(C(C)(C)C)cn23)c(C)c1.Cl. The van der Waals surface area contributed by atoms with Gasteiger partial charge < -0.3 is 0 Å². The molecule has 21 heavy (non-hydrogen) atoms. The highest BCUT2D eigenvalue weighted by atomic mass is 35.5. The third-order valence-electron chi connectivity index (χ3n) is 3.64. The highest BCUT2D eigenvalue weighted by molar-refractivity contribution is 7.15. The zero-order chi connectivity index (χ0) is 14.5. The summed E-state index contributed by atoms with van der Waals surface area (Å²) < 4.78 is 2.23. The maximum Gasteiger partial charge on any atom is 0.194 e. The lowest BCUT2D eigenvalue weighted by Crippen LogP contribution is -2.11. The zero-order valence-electron chi connectivity index (χ0n) is 13.1. The van der Waals surface area contributed by atoms with E-state index in [2.05, 4.69) is 68.8 Å². The summed E-state index contributed by atoms with van der Waals surface area (Å²) in [5.74, 6) is 0. The average molecular weight is 321 g/mol. The molecule has 2 aromatic heterocycles. The van der Waals surface area contributed by atoms with Gasteiger partial charge in [0.25, 0.3) is 0 Å². The van der Waals surface area contributed by atoms with Crippen molar-refractivity contribution in [2.45, 2.75) is 40.0 Å². The molecule has 3 rings (SSSR count). The Morgan fingerprint density at radius 1 is 1.14 bits per heavy atom. The van der Waals surface area contributed by atoms with E-state index in [1.54, 1.807) is 11.3 Å². The van der Waals surface area contributed by atoms with Crippen molar-refractivity contribution in [2.75, 3.05) is 0 Å². The van der Waals surface area contributed by atoms with Gasteiger partial charge in [-0.1, -0.05) is 44.5 Å². The van der Waals surface area contributed by atoms with Crippen LogP contribution >= 0.6 is 23.7 Å². The highest BCUT2D eigenvalue weighted by Gasteiger charge is 2.19. The number of halogens is 1. The summed E-state index contributed by atoms with van der Waals surface area (Å²) in [4.78, 5) is 5.83. The van der Waals surface area contributed by atoms with Gasteiger partial charge in [-0.05, 0) is 19.4 Å². The number of aromatic nitrogens is 2. The van der Waals surface area contributed by atoms with Crippen molar-refractivity contribution < 1.29 is 0 Å². The standard InChI is InChI=1S/C17H20N2S.ClH/c1-11-6-7-13(12(2)8-11)14-10-20-16-18-15(9-19(14)16)17(3,4)5;/h6-10H,1-5H3;1H. The molecule has 0 amide bonds.